The zero-order valence-corrected chi connectivity index (χ0v) is 23.4. The van der Waals surface area contributed by atoms with Crippen LogP contribution in [0.5, 0.6) is 23.0 Å². The van der Waals surface area contributed by atoms with Crippen LogP contribution in [0.1, 0.15) is 49.4 Å². The Kier molecular flexibility index (Phi) is 8.77. The summed E-state index contributed by atoms with van der Waals surface area (Å²) in [5.74, 6) is 0.484. The first-order chi connectivity index (χ1) is 20.0. The Hall–Kier alpha value is -4.46. The summed E-state index contributed by atoms with van der Waals surface area (Å²) in [6, 6.07) is 19.4. The maximum atomic E-state index is 13.5. The van der Waals surface area contributed by atoms with E-state index in [1.54, 1.807) is 30.3 Å². The van der Waals surface area contributed by atoms with Crippen molar-refractivity contribution in [1.82, 2.24) is 4.90 Å². The van der Waals surface area contributed by atoms with Crippen LogP contribution in [0.4, 0.5) is 0 Å². The maximum absolute atomic E-state index is 13.5. The maximum Gasteiger partial charge on any atom is 0.295 e. The molecule has 8 heteroatoms. The van der Waals surface area contributed by atoms with Gasteiger partial charge in [-0.2, -0.15) is 0 Å². The van der Waals surface area contributed by atoms with Crippen LogP contribution in [0, 0.1) is 0 Å². The fraction of sp³-hybridized carbons (Fsp3) is 0.333. The van der Waals surface area contributed by atoms with Crippen molar-refractivity contribution in [2.45, 2.75) is 39.2 Å². The molecule has 0 spiro atoms. The summed E-state index contributed by atoms with van der Waals surface area (Å²) in [6.07, 6.45) is 2.45. The minimum absolute atomic E-state index is 0.0156. The van der Waals surface area contributed by atoms with Gasteiger partial charge >= 0.3 is 0 Å². The summed E-state index contributed by atoms with van der Waals surface area (Å²) in [4.78, 5) is 28.5. The Morgan fingerprint density at radius 2 is 1.71 bits per heavy atom. The number of nitrogens with zero attached hydrogens (tertiary/aromatic N) is 1. The van der Waals surface area contributed by atoms with Crippen molar-refractivity contribution < 1.29 is 33.6 Å². The van der Waals surface area contributed by atoms with Crippen LogP contribution in [-0.2, 0) is 16.0 Å². The van der Waals surface area contributed by atoms with E-state index < -0.39 is 17.7 Å². The SMILES string of the molecule is CCCCOc1ccc(C2/C(=C(\O)c3ccc4c(c3)OCCO4)C(=O)C(=O)N2CCc2ccccc2)cc1OCC. The molecule has 214 valence electrons. The van der Waals surface area contributed by atoms with Gasteiger partial charge in [-0.15, -0.1) is 0 Å². The third-order valence-electron chi connectivity index (χ3n) is 7.18. The molecule has 8 nitrogen and oxygen atoms in total. The average Bonchev–Trinajstić information content (AvgIpc) is 3.26. The molecular formula is C33H35NO7. The highest BCUT2D eigenvalue weighted by Crippen LogP contribution is 2.43. The molecule has 1 amide bonds. The van der Waals surface area contributed by atoms with E-state index in [1.807, 2.05) is 43.3 Å². The number of rotatable bonds is 11. The first-order valence-electron chi connectivity index (χ1n) is 14.1. The first kappa shape index (κ1) is 28.1. The molecule has 41 heavy (non-hydrogen) atoms. The second-order valence-electron chi connectivity index (χ2n) is 9.93. The number of amides is 1. The first-order valence-corrected chi connectivity index (χ1v) is 14.1. The molecule has 0 aromatic heterocycles. The number of Topliss-reactive ketones (excluding diaryl/α,β-unsaturated/α-hetero) is 1. The minimum Gasteiger partial charge on any atom is -0.507 e. The van der Waals surface area contributed by atoms with Crippen molar-refractivity contribution in [2.24, 2.45) is 0 Å². The highest BCUT2D eigenvalue weighted by molar-refractivity contribution is 6.46. The van der Waals surface area contributed by atoms with E-state index in [1.165, 1.54) is 4.90 Å². The summed E-state index contributed by atoms with van der Waals surface area (Å²) in [5, 5.41) is 11.5. The van der Waals surface area contributed by atoms with Gasteiger partial charge in [-0.1, -0.05) is 49.7 Å². The van der Waals surface area contributed by atoms with E-state index in [2.05, 4.69) is 6.92 Å². The largest absolute Gasteiger partial charge is 0.507 e. The summed E-state index contributed by atoms with van der Waals surface area (Å²) >= 11 is 0. The van der Waals surface area contributed by atoms with E-state index in [4.69, 9.17) is 18.9 Å². The number of benzene rings is 3. The third-order valence-corrected chi connectivity index (χ3v) is 7.18. The summed E-state index contributed by atoms with van der Waals surface area (Å²) < 4.78 is 23.2. The number of ether oxygens (including phenoxy) is 4. The lowest BCUT2D eigenvalue weighted by atomic mass is 9.94. The van der Waals surface area contributed by atoms with E-state index in [9.17, 15) is 14.7 Å². The standard InChI is InChI=1S/C33H35NO7/c1-3-5-17-39-25-13-11-23(20-27(25)38-4-2)30-29(31(35)24-12-14-26-28(21-24)41-19-18-40-26)32(36)33(37)34(30)16-15-22-9-7-6-8-10-22/h6-14,20-21,30,35H,3-5,15-19H2,1-2H3/b31-29+. The lowest BCUT2D eigenvalue weighted by molar-refractivity contribution is -0.139. The zero-order valence-electron chi connectivity index (χ0n) is 23.4. The van der Waals surface area contributed by atoms with Gasteiger partial charge in [-0.25, -0.2) is 0 Å². The molecule has 1 fully saturated rings. The van der Waals surface area contributed by atoms with Crippen molar-refractivity contribution in [1.29, 1.82) is 0 Å². The number of aliphatic hydroxyl groups is 1. The Bertz CT molecular complexity index is 1430. The second-order valence-corrected chi connectivity index (χ2v) is 9.93. The Balaban J connectivity index is 1.58. The van der Waals surface area contributed by atoms with E-state index in [-0.39, 0.29) is 17.9 Å². The Labute approximate surface area is 240 Å². The quantitative estimate of drug-likeness (QED) is 0.140. The predicted octanol–water partition coefficient (Wildman–Crippen LogP) is 5.70. The molecule has 0 radical (unpaired) electrons. The van der Waals surface area contributed by atoms with Crippen LogP contribution in [-0.4, -0.2) is 54.7 Å². The van der Waals surface area contributed by atoms with Gasteiger partial charge < -0.3 is 29.0 Å². The molecule has 1 saturated heterocycles. The van der Waals surface area contributed by atoms with Crippen molar-refractivity contribution in [3.8, 4) is 23.0 Å². The number of hydrogen-bond donors (Lipinski definition) is 1. The Morgan fingerprint density at radius 1 is 0.927 bits per heavy atom. The van der Waals surface area contributed by atoms with Gasteiger partial charge in [0.2, 0.25) is 0 Å². The molecule has 0 aliphatic carbocycles. The number of likely N-dealkylation sites (tertiary alicyclic amines) is 1. The van der Waals surface area contributed by atoms with Gasteiger partial charge in [-0.05, 0) is 61.2 Å². The number of ketones is 1. The summed E-state index contributed by atoms with van der Waals surface area (Å²) in [6.45, 7) is 6.05. The predicted molar refractivity (Wildman–Crippen MR) is 155 cm³/mol. The number of aliphatic hydroxyl groups excluding tert-OH is 1. The van der Waals surface area contributed by atoms with Crippen LogP contribution in [0.2, 0.25) is 0 Å². The molecule has 1 atom stereocenters. The van der Waals surface area contributed by atoms with E-state index in [0.29, 0.717) is 67.0 Å². The molecule has 5 rings (SSSR count). The molecule has 2 aliphatic heterocycles. The minimum atomic E-state index is -0.823. The van der Waals surface area contributed by atoms with Gasteiger partial charge in [0.1, 0.15) is 19.0 Å². The normalized spacial score (nSPS) is 17.5. The molecular weight excluding hydrogens is 522 g/mol. The summed E-state index contributed by atoms with van der Waals surface area (Å²) in [5.41, 5.74) is 2.06. The molecule has 0 saturated carbocycles. The van der Waals surface area contributed by atoms with Crippen molar-refractivity contribution in [3.63, 3.8) is 0 Å². The second kappa shape index (κ2) is 12.8. The molecule has 1 N–H and O–H groups in total. The van der Waals surface area contributed by atoms with Crippen LogP contribution in [0.15, 0.2) is 72.3 Å². The van der Waals surface area contributed by atoms with Crippen LogP contribution >= 0.6 is 0 Å². The highest BCUT2D eigenvalue weighted by atomic mass is 16.6. The lowest BCUT2D eigenvalue weighted by Crippen LogP contribution is -2.31. The molecule has 2 aliphatic rings. The van der Waals surface area contributed by atoms with Gasteiger partial charge in [0.25, 0.3) is 11.7 Å². The van der Waals surface area contributed by atoms with Gasteiger partial charge in [0.05, 0.1) is 24.8 Å². The number of carbonyl (C=O) groups excluding carboxylic acids is 2. The van der Waals surface area contributed by atoms with Gasteiger partial charge in [0, 0.05) is 12.1 Å². The highest BCUT2D eigenvalue weighted by Gasteiger charge is 2.46. The number of unbranched alkanes of at least 4 members (excludes halogenated alkanes) is 1. The number of fused-ring (bicyclic) bond motifs is 1. The van der Waals surface area contributed by atoms with Crippen LogP contribution in [0.25, 0.3) is 5.76 Å². The zero-order chi connectivity index (χ0) is 28.8. The van der Waals surface area contributed by atoms with E-state index >= 15 is 0 Å². The molecule has 1 unspecified atom stereocenters. The fourth-order valence-electron chi connectivity index (χ4n) is 5.11. The monoisotopic (exact) mass is 557 g/mol. The van der Waals surface area contributed by atoms with Crippen LogP contribution in [0.3, 0.4) is 0 Å². The lowest BCUT2D eigenvalue weighted by Gasteiger charge is -2.26. The van der Waals surface area contributed by atoms with Crippen molar-refractivity contribution in [3.05, 3.63) is 89.0 Å². The molecule has 0 bridgehead atoms. The van der Waals surface area contributed by atoms with Crippen molar-refractivity contribution in [2.75, 3.05) is 33.0 Å². The smallest absolute Gasteiger partial charge is 0.295 e. The topological polar surface area (TPSA) is 94.5 Å². The Morgan fingerprint density at radius 3 is 2.46 bits per heavy atom. The average molecular weight is 558 g/mol. The van der Waals surface area contributed by atoms with Gasteiger partial charge in [0.15, 0.2) is 23.0 Å². The van der Waals surface area contributed by atoms with Crippen LogP contribution < -0.4 is 18.9 Å². The molecule has 2 heterocycles. The molecule has 3 aromatic carbocycles. The fourth-order valence-corrected chi connectivity index (χ4v) is 5.11. The molecule has 3 aromatic rings. The van der Waals surface area contributed by atoms with E-state index in [0.717, 1.165) is 18.4 Å². The van der Waals surface area contributed by atoms with Gasteiger partial charge in [-0.3, -0.25) is 9.59 Å². The third kappa shape index (κ3) is 6.01. The number of carbonyl (C=O) groups is 2. The number of hydrogen-bond acceptors (Lipinski definition) is 7. The summed E-state index contributed by atoms with van der Waals surface area (Å²) in [7, 11) is 0. The van der Waals surface area contributed by atoms with Crippen molar-refractivity contribution >= 4 is 17.4 Å².